The van der Waals surface area contributed by atoms with Crippen molar-refractivity contribution < 1.29 is 4.79 Å². The zero-order valence-corrected chi connectivity index (χ0v) is 7.82. The van der Waals surface area contributed by atoms with E-state index in [1.807, 2.05) is 30.3 Å². The Labute approximate surface area is 82.2 Å². The number of carbonyl (C=O) groups excluding carboxylic acids is 1. The van der Waals surface area contributed by atoms with Crippen molar-refractivity contribution in [2.45, 2.75) is 0 Å². The van der Waals surface area contributed by atoms with Crippen molar-refractivity contribution in [1.82, 2.24) is 4.90 Å². The lowest BCUT2D eigenvalue weighted by atomic mass is 10.1. The lowest BCUT2D eigenvalue weighted by molar-refractivity contribution is -0.121. The molecule has 3 heteroatoms. The van der Waals surface area contributed by atoms with Gasteiger partial charge < -0.3 is 0 Å². The van der Waals surface area contributed by atoms with Gasteiger partial charge in [0.15, 0.2) is 0 Å². The monoisotopic (exact) mass is 186 g/mol. The molecule has 0 saturated heterocycles. The van der Waals surface area contributed by atoms with Crippen LogP contribution in [0.1, 0.15) is 5.56 Å². The Morgan fingerprint density at radius 3 is 2.36 bits per heavy atom. The molecule has 0 fully saturated rings. The van der Waals surface area contributed by atoms with Gasteiger partial charge in [-0.1, -0.05) is 30.3 Å². The summed E-state index contributed by atoms with van der Waals surface area (Å²) in [5, 5.41) is 7.72. The van der Waals surface area contributed by atoms with E-state index in [4.69, 9.17) is 5.41 Å². The fraction of sp³-hybridized carbons (Fsp3) is 0.0909. The maximum atomic E-state index is 11.3. The molecule has 1 aliphatic heterocycles. The van der Waals surface area contributed by atoms with Crippen molar-refractivity contribution in [3.63, 3.8) is 0 Å². The maximum absolute atomic E-state index is 11.3. The van der Waals surface area contributed by atoms with E-state index in [0.29, 0.717) is 5.57 Å². The van der Waals surface area contributed by atoms with Crippen LogP contribution in [0.25, 0.3) is 5.57 Å². The van der Waals surface area contributed by atoms with Crippen LogP contribution in [-0.4, -0.2) is 23.7 Å². The van der Waals surface area contributed by atoms with Crippen LogP contribution < -0.4 is 0 Å². The van der Waals surface area contributed by atoms with Gasteiger partial charge >= 0.3 is 0 Å². The third-order valence-electron chi connectivity index (χ3n) is 2.27. The number of carbonyl (C=O) groups is 1. The van der Waals surface area contributed by atoms with Gasteiger partial charge in [0.25, 0.3) is 5.91 Å². The normalized spacial score (nSPS) is 16.1. The topological polar surface area (TPSA) is 44.2 Å². The smallest absolute Gasteiger partial charge is 0.252 e. The Morgan fingerprint density at radius 2 is 1.86 bits per heavy atom. The molecule has 1 aromatic rings. The van der Waals surface area contributed by atoms with Crippen molar-refractivity contribution in [1.29, 1.82) is 5.41 Å². The van der Waals surface area contributed by atoms with E-state index in [-0.39, 0.29) is 11.7 Å². The molecule has 1 N–H and O–H groups in total. The highest BCUT2D eigenvalue weighted by Gasteiger charge is 2.24. The summed E-state index contributed by atoms with van der Waals surface area (Å²) in [6, 6.07) is 9.49. The minimum absolute atomic E-state index is 0.131. The van der Waals surface area contributed by atoms with Gasteiger partial charge in [-0.05, 0) is 5.56 Å². The fourth-order valence-electron chi connectivity index (χ4n) is 1.42. The third kappa shape index (κ3) is 1.23. The lowest BCUT2D eigenvalue weighted by Gasteiger charge is -2.09. The Hall–Kier alpha value is -1.90. The molecule has 70 valence electrons. The van der Waals surface area contributed by atoms with Crippen molar-refractivity contribution in [3.05, 3.63) is 42.0 Å². The van der Waals surface area contributed by atoms with E-state index >= 15 is 0 Å². The molecule has 3 nitrogen and oxygen atoms in total. The third-order valence-corrected chi connectivity index (χ3v) is 2.27. The van der Waals surface area contributed by atoms with Crippen LogP contribution in [0.15, 0.2) is 36.4 Å². The standard InChI is InChI=1S/C11H10N2O/c1-13-10(14)7-9(11(13)12)8-5-3-2-4-6-8/h2-7,12H,1H3. The number of amidine groups is 1. The summed E-state index contributed by atoms with van der Waals surface area (Å²) in [5.74, 6) is 0.134. The number of likely N-dealkylation sites (N-methyl/N-ethyl adjacent to an activating group) is 1. The van der Waals surface area contributed by atoms with Crippen LogP contribution >= 0.6 is 0 Å². The highest BCUT2D eigenvalue weighted by molar-refractivity contribution is 6.34. The molecule has 0 radical (unpaired) electrons. The molecule has 1 aliphatic rings. The SMILES string of the molecule is CN1C(=N)C(c2ccccc2)=CC1=O. The van der Waals surface area contributed by atoms with E-state index in [0.717, 1.165) is 5.56 Å². The summed E-state index contributed by atoms with van der Waals surface area (Å²) >= 11 is 0. The second-order valence-electron chi connectivity index (χ2n) is 3.17. The molecule has 1 amide bonds. The Bertz CT molecular complexity index is 420. The molecular formula is C11H10N2O. The molecule has 1 aromatic carbocycles. The second-order valence-corrected chi connectivity index (χ2v) is 3.17. The molecule has 0 saturated carbocycles. The van der Waals surface area contributed by atoms with Gasteiger partial charge in [0.05, 0.1) is 0 Å². The Kier molecular flexibility index (Phi) is 1.93. The van der Waals surface area contributed by atoms with E-state index in [2.05, 4.69) is 0 Å². The zero-order valence-electron chi connectivity index (χ0n) is 7.82. The van der Waals surface area contributed by atoms with Crippen LogP contribution in [-0.2, 0) is 4.79 Å². The molecule has 0 aliphatic carbocycles. The Balaban J connectivity index is 2.43. The van der Waals surface area contributed by atoms with Crippen molar-refractivity contribution in [2.75, 3.05) is 7.05 Å². The highest BCUT2D eigenvalue weighted by Crippen LogP contribution is 2.21. The fourth-order valence-corrected chi connectivity index (χ4v) is 1.42. The lowest BCUT2D eigenvalue weighted by Crippen LogP contribution is -2.25. The van der Waals surface area contributed by atoms with Gasteiger partial charge in [-0.3, -0.25) is 15.1 Å². The summed E-state index contributed by atoms with van der Waals surface area (Å²) in [4.78, 5) is 12.6. The molecule has 14 heavy (non-hydrogen) atoms. The Morgan fingerprint density at radius 1 is 1.21 bits per heavy atom. The molecular weight excluding hydrogens is 176 g/mol. The van der Waals surface area contributed by atoms with E-state index in [1.165, 1.54) is 11.0 Å². The summed E-state index contributed by atoms with van der Waals surface area (Å²) in [6.07, 6.45) is 1.50. The molecule has 2 rings (SSSR count). The van der Waals surface area contributed by atoms with Crippen molar-refractivity contribution in [2.24, 2.45) is 0 Å². The van der Waals surface area contributed by atoms with Gasteiger partial charge in [-0.15, -0.1) is 0 Å². The van der Waals surface area contributed by atoms with E-state index < -0.39 is 0 Å². The molecule has 0 spiro atoms. The number of hydrogen-bond donors (Lipinski definition) is 1. The first kappa shape index (κ1) is 8.69. The number of benzene rings is 1. The number of nitrogens with one attached hydrogen (secondary N) is 1. The predicted molar refractivity (Wildman–Crippen MR) is 54.9 cm³/mol. The van der Waals surface area contributed by atoms with Crippen LogP contribution in [0.2, 0.25) is 0 Å². The molecule has 0 aromatic heterocycles. The van der Waals surface area contributed by atoms with Gasteiger partial charge in [0, 0.05) is 18.7 Å². The summed E-state index contributed by atoms with van der Waals surface area (Å²) < 4.78 is 0. The van der Waals surface area contributed by atoms with E-state index in [9.17, 15) is 4.79 Å². The molecule has 1 heterocycles. The maximum Gasteiger partial charge on any atom is 0.252 e. The van der Waals surface area contributed by atoms with E-state index in [1.54, 1.807) is 7.05 Å². The van der Waals surface area contributed by atoms with Gasteiger partial charge in [-0.2, -0.15) is 0 Å². The van der Waals surface area contributed by atoms with Gasteiger partial charge in [0.1, 0.15) is 5.84 Å². The first-order valence-electron chi connectivity index (χ1n) is 4.34. The quantitative estimate of drug-likeness (QED) is 0.710. The van der Waals surface area contributed by atoms with Crippen molar-refractivity contribution >= 4 is 17.3 Å². The minimum atomic E-state index is -0.131. The first-order chi connectivity index (χ1) is 6.70. The first-order valence-corrected chi connectivity index (χ1v) is 4.34. The predicted octanol–water partition coefficient (Wildman–Crippen LogP) is 1.52. The molecule has 0 unspecified atom stereocenters. The average molecular weight is 186 g/mol. The average Bonchev–Trinajstić information content (AvgIpc) is 2.47. The largest absolute Gasteiger partial charge is 0.296 e. The molecule has 0 bridgehead atoms. The van der Waals surface area contributed by atoms with Crippen LogP contribution in [0, 0.1) is 5.41 Å². The van der Waals surface area contributed by atoms with Crippen LogP contribution in [0.3, 0.4) is 0 Å². The van der Waals surface area contributed by atoms with Gasteiger partial charge in [0.2, 0.25) is 0 Å². The zero-order chi connectivity index (χ0) is 10.1. The summed E-state index contributed by atoms with van der Waals surface area (Å²) in [7, 11) is 1.61. The number of rotatable bonds is 1. The van der Waals surface area contributed by atoms with Crippen LogP contribution in [0.5, 0.6) is 0 Å². The van der Waals surface area contributed by atoms with Gasteiger partial charge in [-0.25, -0.2) is 0 Å². The highest BCUT2D eigenvalue weighted by atomic mass is 16.2. The molecule has 0 atom stereocenters. The summed E-state index contributed by atoms with van der Waals surface area (Å²) in [6.45, 7) is 0. The second kappa shape index (κ2) is 3.10. The van der Waals surface area contributed by atoms with Crippen molar-refractivity contribution in [3.8, 4) is 0 Å². The summed E-state index contributed by atoms with van der Waals surface area (Å²) in [5.41, 5.74) is 1.60. The number of nitrogens with zero attached hydrogens (tertiary/aromatic N) is 1. The minimum Gasteiger partial charge on any atom is -0.296 e. The number of amides is 1. The number of hydrogen-bond acceptors (Lipinski definition) is 2. The van der Waals surface area contributed by atoms with Crippen LogP contribution in [0.4, 0.5) is 0 Å².